The summed E-state index contributed by atoms with van der Waals surface area (Å²) in [6, 6.07) is 15.0. The molecule has 1 aliphatic carbocycles. The Kier molecular flexibility index (Phi) is 6.24. The highest BCUT2D eigenvalue weighted by molar-refractivity contribution is 6.18. The molecule has 4 amide bonds. The first-order valence-electron chi connectivity index (χ1n) is 11.9. The third-order valence-electron chi connectivity index (χ3n) is 6.86. The highest BCUT2D eigenvalue weighted by Gasteiger charge is 2.58. The van der Waals surface area contributed by atoms with Gasteiger partial charge in [0.2, 0.25) is 5.91 Å². The lowest BCUT2D eigenvalue weighted by molar-refractivity contribution is -0.133. The van der Waals surface area contributed by atoms with Crippen LogP contribution in [0.1, 0.15) is 32.6 Å². The molecule has 8 heteroatoms. The van der Waals surface area contributed by atoms with Gasteiger partial charge in [-0.05, 0) is 56.2 Å². The predicted octanol–water partition coefficient (Wildman–Crippen LogP) is 3.82. The number of carbonyl (C=O) groups excluding carboxylic acids is 3. The van der Waals surface area contributed by atoms with Crippen LogP contribution in [0.15, 0.2) is 54.6 Å². The van der Waals surface area contributed by atoms with Gasteiger partial charge in [0.25, 0.3) is 5.91 Å². The van der Waals surface area contributed by atoms with E-state index in [1.165, 1.54) is 0 Å². The van der Waals surface area contributed by atoms with Gasteiger partial charge in [-0.15, -0.1) is 0 Å². The molecule has 4 unspecified atom stereocenters. The zero-order valence-electron chi connectivity index (χ0n) is 19.2. The van der Waals surface area contributed by atoms with Crippen molar-refractivity contribution in [2.24, 2.45) is 5.92 Å². The number of nitrogens with one attached hydrogen (secondary N) is 1. The molecule has 2 saturated heterocycles. The standard InChI is InChI=1S/C26H29N3O5/c1-2-33-19-14-12-17(13-15-19)27-22(30)16-28-23-20-10-6-7-11-21(20)34-24(23)25(31)29(26(28)32)18-8-4-3-5-9-18/h3-5,8-9,12-15,20-21,23-24H,2,6-7,10-11,16H2,1H3,(H,27,30). The largest absolute Gasteiger partial charge is 0.494 e. The number of nitrogens with zero attached hydrogens (tertiary/aromatic N) is 2. The first-order valence-corrected chi connectivity index (χ1v) is 11.9. The van der Waals surface area contributed by atoms with Crippen LogP contribution in [0.25, 0.3) is 0 Å². The maximum absolute atomic E-state index is 13.6. The fraction of sp³-hybridized carbons (Fsp3) is 0.423. The van der Waals surface area contributed by atoms with Gasteiger partial charge in [-0.3, -0.25) is 9.59 Å². The van der Waals surface area contributed by atoms with Crippen LogP contribution in [0, 0.1) is 5.92 Å². The summed E-state index contributed by atoms with van der Waals surface area (Å²) >= 11 is 0. The van der Waals surface area contributed by atoms with E-state index in [0.717, 1.165) is 36.3 Å². The average Bonchev–Trinajstić information content (AvgIpc) is 3.24. The summed E-state index contributed by atoms with van der Waals surface area (Å²) < 4.78 is 11.7. The molecule has 5 rings (SSSR count). The summed E-state index contributed by atoms with van der Waals surface area (Å²) in [7, 11) is 0. The fourth-order valence-corrected chi connectivity index (χ4v) is 5.40. The lowest BCUT2D eigenvalue weighted by atomic mass is 9.81. The second kappa shape index (κ2) is 9.46. The minimum atomic E-state index is -0.760. The Morgan fingerprint density at radius 2 is 1.79 bits per heavy atom. The molecule has 4 atom stereocenters. The van der Waals surface area contributed by atoms with Gasteiger partial charge in [0.1, 0.15) is 12.3 Å². The Hall–Kier alpha value is -3.39. The van der Waals surface area contributed by atoms with E-state index in [1.807, 2.05) is 13.0 Å². The van der Waals surface area contributed by atoms with Crippen molar-refractivity contribution in [3.63, 3.8) is 0 Å². The highest BCUT2D eigenvalue weighted by atomic mass is 16.5. The van der Waals surface area contributed by atoms with Gasteiger partial charge in [-0.25, -0.2) is 9.69 Å². The Bertz CT molecular complexity index is 1060. The molecule has 2 aromatic rings. The molecule has 2 aromatic carbocycles. The molecule has 2 heterocycles. The van der Waals surface area contributed by atoms with Crippen molar-refractivity contribution in [3.05, 3.63) is 54.6 Å². The molecule has 1 saturated carbocycles. The zero-order chi connectivity index (χ0) is 23.7. The molecule has 0 aromatic heterocycles. The van der Waals surface area contributed by atoms with E-state index in [0.29, 0.717) is 18.0 Å². The molecule has 178 valence electrons. The number of para-hydroxylation sites is 1. The number of amides is 4. The van der Waals surface area contributed by atoms with Crippen LogP contribution >= 0.6 is 0 Å². The van der Waals surface area contributed by atoms with Crippen molar-refractivity contribution < 1.29 is 23.9 Å². The van der Waals surface area contributed by atoms with E-state index in [9.17, 15) is 14.4 Å². The minimum Gasteiger partial charge on any atom is -0.494 e. The van der Waals surface area contributed by atoms with Crippen molar-refractivity contribution in [3.8, 4) is 5.75 Å². The van der Waals surface area contributed by atoms with Crippen molar-refractivity contribution >= 4 is 29.2 Å². The molecule has 3 fully saturated rings. The van der Waals surface area contributed by atoms with E-state index < -0.39 is 18.2 Å². The van der Waals surface area contributed by atoms with Crippen molar-refractivity contribution in [1.29, 1.82) is 0 Å². The van der Waals surface area contributed by atoms with Crippen LogP contribution in [-0.4, -0.2) is 54.1 Å². The molecular formula is C26H29N3O5. The second-order valence-corrected chi connectivity index (χ2v) is 8.96. The van der Waals surface area contributed by atoms with Crippen LogP contribution < -0.4 is 15.0 Å². The summed E-state index contributed by atoms with van der Waals surface area (Å²) in [4.78, 5) is 42.8. The van der Waals surface area contributed by atoms with E-state index in [4.69, 9.17) is 9.47 Å². The number of benzene rings is 2. The van der Waals surface area contributed by atoms with Gasteiger partial charge in [-0.1, -0.05) is 31.0 Å². The topological polar surface area (TPSA) is 88.2 Å². The van der Waals surface area contributed by atoms with E-state index >= 15 is 0 Å². The molecule has 0 spiro atoms. The molecule has 1 N–H and O–H groups in total. The SMILES string of the molecule is CCOc1ccc(NC(=O)CN2C(=O)N(c3ccccc3)C(=O)C3OC4CCCCC4C32)cc1. The van der Waals surface area contributed by atoms with Gasteiger partial charge in [0, 0.05) is 11.6 Å². The van der Waals surface area contributed by atoms with Crippen molar-refractivity contribution in [2.45, 2.75) is 50.9 Å². The maximum atomic E-state index is 13.6. The number of rotatable bonds is 6. The zero-order valence-corrected chi connectivity index (χ0v) is 19.2. The molecule has 2 aliphatic heterocycles. The highest BCUT2D eigenvalue weighted by Crippen LogP contribution is 2.43. The number of anilines is 2. The monoisotopic (exact) mass is 463 g/mol. The third kappa shape index (κ3) is 4.14. The van der Waals surface area contributed by atoms with E-state index in [-0.39, 0.29) is 30.4 Å². The number of carbonyl (C=O) groups is 3. The number of ether oxygens (including phenoxy) is 2. The third-order valence-corrected chi connectivity index (χ3v) is 6.86. The van der Waals surface area contributed by atoms with Crippen LogP contribution in [0.3, 0.4) is 0 Å². The normalized spacial score (nSPS) is 26.1. The van der Waals surface area contributed by atoms with E-state index in [2.05, 4.69) is 5.32 Å². The van der Waals surface area contributed by atoms with Gasteiger partial charge >= 0.3 is 6.03 Å². The van der Waals surface area contributed by atoms with Crippen molar-refractivity contribution in [2.75, 3.05) is 23.4 Å². The molecular weight excluding hydrogens is 434 g/mol. The number of hydrogen-bond acceptors (Lipinski definition) is 5. The van der Waals surface area contributed by atoms with E-state index in [1.54, 1.807) is 53.4 Å². The molecule has 34 heavy (non-hydrogen) atoms. The Balaban J connectivity index is 1.40. The lowest BCUT2D eigenvalue weighted by Gasteiger charge is -2.42. The minimum absolute atomic E-state index is 0.0582. The Morgan fingerprint density at radius 3 is 2.53 bits per heavy atom. The Morgan fingerprint density at radius 1 is 1.06 bits per heavy atom. The van der Waals surface area contributed by atoms with Crippen molar-refractivity contribution in [1.82, 2.24) is 4.90 Å². The van der Waals surface area contributed by atoms with Crippen LogP contribution in [0.5, 0.6) is 5.75 Å². The first kappa shape index (κ1) is 22.4. The molecule has 3 aliphatic rings. The van der Waals surface area contributed by atoms with Crippen LogP contribution in [-0.2, 0) is 14.3 Å². The van der Waals surface area contributed by atoms with Gasteiger partial charge in [0.05, 0.1) is 24.4 Å². The number of fused-ring (bicyclic) bond motifs is 3. The molecule has 0 radical (unpaired) electrons. The predicted molar refractivity (Wildman–Crippen MR) is 127 cm³/mol. The average molecular weight is 464 g/mol. The number of hydrogen-bond donors (Lipinski definition) is 1. The smallest absolute Gasteiger partial charge is 0.332 e. The summed E-state index contributed by atoms with van der Waals surface area (Å²) in [5, 5.41) is 2.86. The van der Waals surface area contributed by atoms with Crippen LogP contribution in [0.4, 0.5) is 16.2 Å². The summed E-state index contributed by atoms with van der Waals surface area (Å²) in [6.45, 7) is 2.31. The summed E-state index contributed by atoms with van der Waals surface area (Å²) in [5.41, 5.74) is 1.09. The first-order chi connectivity index (χ1) is 16.6. The summed E-state index contributed by atoms with van der Waals surface area (Å²) in [5.74, 6) is 0.109. The summed E-state index contributed by atoms with van der Waals surface area (Å²) in [6.07, 6.45) is 3.01. The Labute approximate surface area is 198 Å². The van der Waals surface area contributed by atoms with Gasteiger partial charge in [0.15, 0.2) is 6.10 Å². The maximum Gasteiger partial charge on any atom is 0.332 e. The number of urea groups is 1. The fourth-order valence-electron chi connectivity index (χ4n) is 5.40. The lowest BCUT2D eigenvalue weighted by Crippen LogP contribution is -2.65. The van der Waals surface area contributed by atoms with Crippen LogP contribution in [0.2, 0.25) is 0 Å². The second-order valence-electron chi connectivity index (χ2n) is 8.96. The number of imide groups is 1. The molecule has 0 bridgehead atoms. The quantitative estimate of drug-likeness (QED) is 0.704. The van der Waals surface area contributed by atoms with Gasteiger partial charge in [-0.2, -0.15) is 0 Å². The molecule has 8 nitrogen and oxygen atoms in total. The van der Waals surface area contributed by atoms with Gasteiger partial charge < -0.3 is 19.7 Å².